The second-order valence-corrected chi connectivity index (χ2v) is 7.42. The Balaban J connectivity index is 0.00000124. The average molecular weight is 417 g/mol. The third kappa shape index (κ3) is 3.74. The zero-order chi connectivity index (χ0) is 21.9. The molecule has 30 heavy (non-hydrogen) atoms. The van der Waals surface area contributed by atoms with Gasteiger partial charge in [-0.05, 0) is 37.1 Å². The number of aromatic nitrogens is 1. The molecule has 1 atom stereocenters. The molecule has 4 rings (SSSR count). The van der Waals surface area contributed by atoms with Gasteiger partial charge < -0.3 is 5.11 Å². The van der Waals surface area contributed by atoms with E-state index in [2.05, 4.69) is 4.90 Å². The summed E-state index contributed by atoms with van der Waals surface area (Å²) in [6.45, 7) is 7.32. The molecule has 2 aliphatic heterocycles. The maximum atomic E-state index is 15.0. The maximum absolute atomic E-state index is 15.0. The lowest BCUT2D eigenvalue weighted by atomic mass is 10.1. The maximum Gasteiger partial charge on any atom is 0.359 e. The molecular weight excluding hydrogens is 386 g/mol. The largest absolute Gasteiger partial charge is 0.395 e. The number of nitrogens with zero attached hydrogens (tertiary/aromatic N) is 2. The fraction of sp³-hybridized carbons (Fsp3) is 0.458. The van der Waals surface area contributed by atoms with Gasteiger partial charge in [-0.1, -0.05) is 57.2 Å². The Morgan fingerprint density at radius 1 is 1.23 bits per heavy atom. The Bertz CT molecular complexity index is 1080. The van der Waals surface area contributed by atoms with Gasteiger partial charge in [0.05, 0.1) is 17.9 Å². The lowest BCUT2D eigenvalue weighted by molar-refractivity contribution is -0.0316. The second kappa shape index (κ2) is 9.23. The van der Waals surface area contributed by atoms with Gasteiger partial charge in [0, 0.05) is 23.4 Å². The quantitative estimate of drug-likeness (QED) is 0.834. The molecule has 0 radical (unpaired) electrons. The summed E-state index contributed by atoms with van der Waals surface area (Å²) in [7, 11) is 0. The first kappa shape index (κ1) is 22.4. The smallest absolute Gasteiger partial charge is 0.359 e. The number of rotatable bonds is 4. The minimum atomic E-state index is -3.36. The molecule has 0 amide bonds. The molecule has 1 saturated heterocycles. The van der Waals surface area contributed by atoms with Gasteiger partial charge in [0.25, 0.3) is 5.56 Å². The van der Waals surface area contributed by atoms with Crippen molar-refractivity contribution in [3.05, 3.63) is 56.7 Å². The highest BCUT2D eigenvalue weighted by Crippen LogP contribution is 2.43. The number of alkyl halides is 2. The summed E-state index contributed by atoms with van der Waals surface area (Å²) in [6, 6.07) is 4.69. The Kier molecular flexibility index (Phi) is 6.88. The topological polar surface area (TPSA) is 45.5 Å². The summed E-state index contributed by atoms with van der Waals surface area (Å²) >= 11 is 0. The summed E-state index contributed by atoms with van der Waals surface area (Å²) in [4.78, 5) is 15.3. The van der Waals surface area contributed by atoms with E-state index in [9.17, 15) is 9.90 Å². The molecule has 2 aliphatic rings. The summed E-state index contributed by atoms with van der Waals surface area (Å²) in [5.74, 6) is 0. The van der Waals surface area contributed by atoms with Crippen LogP contribution in [0.3, 0.4) is 0 Å². The highest BCUT2D eigenvalue weighted by molar-refractivity contribution is 5.70. The van der Waals surface area contributed by atoms with Crippen molar-refractivity contribution in [1.29, 1.82) is 0 Å². The molecule has 0 saturated carbocycles. The van der Waals surface area contributed by atoms with Crippen molar-refractivity contribution >= 4 is 12.2 Å². The highest BCUT2D eigenvalue weighted by atomic mass is 19.3. The highest BCUT2D eigenvalue weighted by Gasteiger charge is 2.44. The van der Waals surface area contributed by atoms with Crippen molar-refractivity contribution in [2.75, 3.05) is 19.7 Å². The summed E-state index contributed by atoms with van der Waals surface area (Å²) < 4.78 is 30.7. The molecule has 1 N–H and O–H groups in total. The first-order valence-corrected chi connectivity index (χ1v) is 10.8. The van der Waals surface area contributed by atoms with E-state index in [4.69, 9.17) is 0 Å². The van der Waals surface area contributed by atoms with Gasteiger partial charge in [0.15, 0.2) is 0 Å². The molecule has 6 heteroatoms. The molecule has 0 bridgehead atoms. The van der Waals surface area contributed by atoms with Crippen LogP contribution < -0.4 is 16.0 Å². The SMILES string of the molecule is CC.CC/C=c1/cc2n(c(=O)/c1=C/CN1CCC[C@@H]1CO)C(F)(F)c1ccccc1-2. The third-order valence-corrected chi connectivity index (χ3v) is 5.75. The molecular formula is C24H30F2N2O2. The van der Waals surface area contributed by atoms with E-state index in [1.807, 2.05) is 26.8 Å². The first-order chi connectivity index (χ1) is 14.5. The van der Waals surface area contributed by atoms with Gasteiger partial charge >= 0.3 is 6.05 Å². The summed E-state index contributed by atoms with van der Waals surface area (Å²) in [6.07, 6.45) is 6.24. The van der Waals surface area contributed by atoms with E-state index in [1.54, 1.807) is 30.3 Å². The van der Waals surface area contributed by atoms with Gasteiger partial charge in [0.1, 0.15) is 0 Å². The predicted molar refractivity (Wildman–Crippen MR) is 117 cm³/mol. The molecule has 0 unspecified atom stereocenters. The number of likely N-dealkylation sites (tertiary alicyclic amines) is 1. The zero-order valence-corrected chi connectivity index (χ0v) is 17.9. The van der Waals surface area contributed by atoms with E-state index in [0.717, 1.165) is 19.4 Å². The number of hydrogen-bond donors (Lipinski definition) is 1. The molecule has 1 fully saturated rings. The normalized spacial score (nSPS) is 20.7. The number of aliphatic hydroxyl groups excluding tert-OH is 1. The van der Waals surface area contributed by atoms with E-state index in [-0.39, 0.29) is 23.9 Å². The van der Waals surface area contributed by atoms with Gasteiger partial charge in [0.2, 0.25) is 0 Å². The van der Waals surface area contributed by atoms with Crippen LogP contribution in [-0.2, 0) is 6.05 Å². The van der Waals surface area contributed by atoms with Crippen LogP contribution in [0, 0.1) is 0 Å². The molecule has 1 aromatic carbocycles. The molecule has 1 aromatic heterocycles. The standard InChI is InChI=1S/C22H24F2N2O2.C2H6/c1-2-6-15-13-20-18-8-3-4-9-19(18)22(23,24)26(20)21(28)17(15)10-12-25-11-5-7-16(25)14-27;1-2/h3-4,6,8-10,13,16,27H,2,5,7,11-12,14H2,1H3;1-2H3/b15-6-,17-10+;/t16-;/m1./s1. The lowest BCUT2D eigenvalue weighted by Gasteiger charge is -2.20. The number of benzene rings is 1. The minimum Gasteiger partial charge on any atom is -0.395 e. The minimum absolute atomic E-state index is 0.0673. The Morgan fingerprint density at radius 2 is 1.97 bits per heavy atom. The number of pyridine rings is 1. The Labute approximate surface area is 175 Å². The Hall–Kier alpha value is -2.31. The predicted octanol–water partition coefficient (Wildman–Crippen LogP) is 2.88. The van der Waals surface area contributed by atoms with Crippen LogP contribution in [0.5, 0.6) is 0 Å². The first-order valence-electron chi connectivity index (χ1n) is 10.8. The van der Waals surface area contributed by atoms with Crippen molar-refractivity contribution in [3.63, 3.8) is 0 Å². The van der Waals surface area contributed by atoms with Crippen molar-refractivity contribution in [1.82, 2.24) is 9.47 Å². The fourth-order valence-corrected chi connectivity index (χ4v) is 4.35. The Morgan fingerprint density at radius 3 is 2.67 bits per heavy atom. The van der Waals surface area contributed by atoms with Gasteiger partial charge in [-0.15, -0.1) is 0 Å². The molecule has 0 aliphatic carbocycles. The fourth-order valence-electron chi connectivity index (χ4n) is 4.35. The molecule has 2 aromatic rings. The summed E-state index contributed by atoms with van der Waals surface area (Å²) in [5.41, 5.74) is -0.136. The lowest BCUT2D eigenvalue weighted by Crippen LogP contribution is -2.49. The van der Waals surface area contributed by atoms with Crippen molar-refractivity contribution in [2.45, 2.75) is 52.1 Å². The average Bonchev–Trinajstić information content (AvgIpc) is 3.30. The third-order valence-electron chi connectivity index (χ3n) is 5.75. The summed E-state index contributed by atoms with van der Waals surface area (Å²) in [5, 5.41) is 10.5. The number of fused-ring (bicyclic) bond motifs is 3. The number of hydrogen-bond acceptors (Lipinski definition) is 3. The van der Waals surface area contributed by atoms with Crippen LogP contribution in [-0.4, -0.2) is 40.3 Å². The number of aliphatic hydroxyl groups is 1. The molecule has 162 valence electrons. The van der Waals surface area contributed by atoms with Crippen LogP contribution in [0.25, 0.3) is 23.4 Å². The van der Waals surface area contributed by atoms with E-state index in [1.165, 1.54) is 6.07 Å². The van der Waals surface area contributed by atoms with Gasteiger partial charge in [-0.25, -0.2) is 4.57 Å². The monoisotopic (exact) mass is 416 g/mol. The van der Waals surface area contributed by atoms with Crippen molar-refractivity contribution < 1.29 is 13.9 Å². The van der Waals surface area contributed by atoms with Gasteiger partial charge in [-0.3, -0.25) is 9.69 Å². The van der Waals surface area contributed by atoms with Crippen LogP contribution in [0.1, 0.15) is 45.6 Å². The van der Waals surface area contributed by atoms with Crippen LogP contribution >= 0.6 is 0 Å². The van der Waals surface area contributed by atoms with Gasteiger partial charge in [-0.2, -0.15) is 8.78 Å². The zero-order valence-electron chi connectivity index (χ0n) is 17.9. The van der Waals surface area contributed by atoms with Crippen molar-refractivity contribution in [2.24, 2.45) is 0 Å². The molecule has 3 heterocycles. The van der Waals surface area contributed by atoms with E-state index in [0.29, 0.717) is 33.5 Å². The molecule has 0 spiro atoms. The van der Waals surface area contributed by atoms with Crippen LogP contribution in [0.2, 0.25) is 0 Å². The number of halogens is 2. The van der Waals surface area contributed by atoms with Crippen LogP contribution in [0.15, 0.2) is 35.1 Å². The second-order valence-electron chi connectivity index (χ2n) is 7.42. The van der Waals surface area contributed by atoms with Crippen molar-refractivity contribution in [3.8, 4) is 11.3 Å². The van der Waals surface area contributed by atoms with E-state index < -0.39 is 11.6 Å². The van der Waals surface area contributed by atoms with E-state index >= 15 is 8.78 Å². The van der Waals surface area contributed by atoms with Crippen LogP contribution in [0.4, 0.5) is 8.78 Å². The molecule has 4 nitrogen and oxygen atoms in total.